The lowest BCUT2D eigenvalue weighted by Crippen LogP contribution is -2.25. The van der Waals surface area contributed by atoms with Gasteiger partial charge in [-0.15, -0.1) is 0 Å². The molecule has 0 amide bonds. The molecule has 1 aliphatic heterocycles. The maximum absolute atomic E-state index is 2.58. The van der Waals surface area contributed by atoms with Gasteiger partial charge in [-0.3, -0.25) is 0 Å². The zero-order valence-electron chi connectivity index (χ0n) is 15.0. The summed E-state index contributed by atoms with van der Waals surface area (Å²) in [7, 11) is 2.24. The van der Waals surface area contributed by atoms with E-state index in [0.717, 1.165) is 30.3 Å². The topological polar surface area (TPSA) is 6.48 Å². The number of nitrogens with zero attached hydrogens (tertiary/aromatic N) is 2. The van der Waals surface area contributed by atoms with Crippen molar-refractivity contribution < 1.29 is 0 Å². The van der Waals surface area contributed by atoms with Crippen LogP contribution in [0.15, 0.2) is 42.5 Å². The Kier molecular flexibility index (Phi) is 2.86. The van der Waals surface area contributed by atoms with Gasteiger partial charge in [-0.2, -0.15) is 0 Å². The van der Waals surface area contributed by atoms with Crippen LogP contribution in [0.2, 0.25) is 0 Å². The van der Waals surface area contributed by atoms with E-state index in [1.54, 1.807) is 11.1 Å². The molecule has 2 aromatic rings. The molecule has 5 aliphatic rings. The molecule has 7 rings (SSSR count). The second kappa shape index (κ2) is 5.03. The van der Waals surface area contributed by atoms with Gasteiger partial charge in [0, 0.05) is 12.7 Å². The van der Waals surface area contributed by atoms with Gasteiger partial charge in [-0.05, 0) is 91.2 Å². The highest BCUT2D eigenvalue weighted by molar-refractivity contribution is 5.83. The fourth-order valence-electron chi connectivity index (χ4n) is 6.39. The van der Waals surface area contributed by atoms with Gasteiger partial charge in [0.2, 0.25) is 0 Å². The minimum absolute atomic E-state index is 0.820. The Hall–Kier alpha value is -1.96. The van der Waals surface area contributed by atoms with Crippen LogP contribution in [0, 0.1) is 11.8 Å². The zero-order chi connectivity index (χ0) is 16.5. The number of hydrogen-bond acceptors (Lipinski definition) is 2. The van der Waals surface area contributed by atoms with Gasteiger partial charge in [0.15, 0.2) is 0 Å². The zero-order valence-corrected chi connectivity index (χ0v) is 15.0. The Bertz CT molecular complexity index is 813. The predicted molar refractivity (Wildman–Crippen MR) is 104 cm³/mol. The van der Waals surface area contributed by atoms with E-state index in [9.17, 15) is 0 Å². The fourth-order valence-corrected chi connectivity index (χ4v) is 6.39. The van der Waals surface area contributed by atoms with E-state index < -0.39 is 0 Å². The molecule has 25 heavy (non-hydrogen) atoms. The molecule has 0 spiro atoms. The van der Waals surface area contributed by atoms with E-state index in [0.29, 0.717) is 0 Å². The second-order valence-electron chi connectivity index (χ2n) is 8.88. The number of para-hydroxylation sites is 1. The first-order chi connectivity index (χ1) is 12.3. The van der Waals surface area contributed by atoms with Crippen LogP contribution in [0.1, 0.15) is 55.1 Å². The summed E-state index contributed by atoms with van der Waals surface area (Å²) in [6.45, 7) is 0.961. The Labute approximate surface area is 150 Å². The number of anilines is 3. The molecule has 2 saturated carbocycles. The molecular weight excluding hydrogens is 304 g/mol. The standard InChI is InChI=1S/C23H26N2/c1-24-14-25(19-5-3-2-4-6-19)23-13-21-18-10-15-7-16(11-18)9-17(8-15)20(21)12-22(23)24/h2-6,12-13,15-18H,7-11,14H2,1H3. The van der Waals surface area contributed by atoms with Gasteiger partial charge < -0.3 is 9.80 Å². The number of benzene rings is 2. The lowest BCUT2D eigenvalue weighted by molar-refractivity contribution is 0.166. The number of rotatable bonds is 1. The molecule has 2 nitrogen and oxygen atoms in total. The first-order valence-corrected chi connectivity index (χ1v) is 9.98. The highest BCUT2D eigenvalue weighted by atomic mass is 15.4. The minimum Gasteiger partial charge on any atom is -0.355 e. The summed E-state index contributed by atoms with van der Waals surface area (Å²) in [5, 5.41) is 0. The first kappa shape index (κ1) is 14.2. The summed E-state index contributed by atoms with van der Waals surface area (Å²) in [6.07, 6.45) is 7.30. The third kappa shape index (κ3) is 2.03. The molecule has 1 heterocycles. The van der Waals surface area contributed by atoms with Crippen molar-refractivity contribution in [1.29, 1.82) is 0 Å². The summed E-state index contributed by atoms with van der Waals surface area (Å²) in [5.74, 6) is 3.64. The largest absolute Gasteiger partial charge is 0.355 e. The van der Waals surface area contributed by atoms with Crippen molar-refractivity contribution in [3.63, 3.8) is 0 Å². The van der Waals surface area contributed by atoms with Crippen LogP contribution in [-0.4, -0.2) is 13.7 Å². The molecule has 128 valence electrons. The molecule has 2 aromatic carbocycles. The van der Waals surface area contributed by atoms with E-state index >= 15 is 0 Å². The summed E-state index contributed by atoms with van der Waals surface area (Å²) in [6, 6.07) is 16.0. The van der Waals surface area contributed by atoms with Crippen molar-refractivity contribution in [3.8, 4) is 0 Å². The van der Waals surface area contributed by atoms with E-state index in [4.69, 9.17) is 0 Å². The maximum Gasteiger partial charge on any atom is 0.0950 e. The van der Waals surface area contributed by atoms with Crippen LogP contribution < -0.4 is 9.80 Å². The predicted octanol–water partition coefficient (Wildman–Crippen LogP) is 5.62. The SMILES string of the molecule is CN1CN(c2ccccc2)c2cc3c(cc21)C1CC2CC(C1)CC3C2. The third-order valence-electron chi connectivity index (χ3n) is 7.32. The molecule has 0 saturated heterocycles. The highest BCUT2D eigenvalue weighted by Crippen LogP contribution is 2.58. The molecule has 2 fully saturated rings. The van der Waals surface area contributed by atoms with Gasteiger partial charge >= 0.3 is 0 Å². The van der Waals surface area contributed by atoms with Crippen molar-refractivity contribution in [2.24, 2.45) is 11.8 Å². The average molecular weight is 330 g/mol. The Morgan fingerprint density at radius 3 is 2.00 bits per heavy atom. The maximum atomic E-state index is 2.58. The van der Waals surface area contributed by atoms with Gasteiger partial charge in [0.1, 0.15) is 0 Å². The molecule has 0 radical (unpaired) electrons. The summed E-state index contributed by atoms with van der Waals surface area (Å²) in [5.41, 5.74) is 7.57. The normalized spacial score (nSPS) is 31.9. The van der Waals surface area contributed by atoms with Crippen molar-refractivity contribution in [1.82, 2.24) is 0 Å². The summed E-state index contributed by atoms with van der Waals surface area (Å²) in [4.78, 5) is 4.92. The van der Waals surface area contributed by atoms with Gasteiger partial charge in [0.05, 0.1) is 18.0 Å². The fraction of sp³-hybridized carbons (Fsp3) is 0.478. The lowest BCUT2D eigenvalue weighted by atomic mass is 9.67. The molecule has 2 unspecified atom stereocenters. The average Bonchev–Trinajstić information content (AvgIpc) is 2.87. The van der Waals surface area contributed by atoms with Crippen LogP contribution >= 0.6 is 0 Å². The van der Waals surface area contributed by atoms with Crippen molar-refractivity contribution in [2.45, 2.75) is 43.9 Å². The number of fused-ring (bicyclic) bond motifs is 1. The Balaban J connectivity index is 1.51. The lowest BCUT2D eigenvalue weighted by Gasteiger charge is -2.38. The van der Waals surface area contributed by atoms with Crippen molar-refractivity contribution in [2.75, 3.05) is 23.5 Å². The van der Waals surface area contributed by atoms with Crippen molar-refractivity contribution in [3.05, 3.63) is 53.6 Å². The molecule has 0 aromatic heterocycles. The highest BCUT2D eigenvalue weighted by Gasteiger charge is 2.43. The first-order valence-electron chi connectivity index (χ1n) is 9.98. The van der Waals surface area contributed by atoms with Crippen LogP contribution in [0.25, 0.3) is 0 Å². The monoisotopic (exact) mass is 330 g/mol. The Morgan fingerprint density at radius 2 is 1.36 bits per heavy atom. The number of hydrogen-bond donors (Lipinski definition) is 0. The van der Waals surface area contributed by atoms with Crippen LogP contribution in [-0.2, 0) is 0 Å². The van der Waals surface area contributed by atoms with Crippen LogP contribution in [0.5, 0.6) is 0 Å². The quantitative estimate of drug-likeness (QED) is 0.669. The minimum atomic E-state index is 0.820. The van der Waals surface area contributed by atoms with E-state index in [-0.39, 0.29) is 0 Å². The molecule has 4 aliphatic carbocycles. The van der Waals surface area contributed by atoms with Gasteiger partial charge in [-0.1, -0.05) is 18.2 Å². The van der Waals surface area contributed by atoms with E-state index in [1.165, 1.54) is 49.2 Å². The van der Waals surface area contributed by atoms with Gasteiger partial charge in [-0.25, -0.2) is 0 Å². The second-order valence-corrected chi connectivity index (χ2v) is 8.88. The molecular formula is C23H26N2. The molecule has 2 heteroatoms. The molecule has 4 bridgehead atoms. The van der Waals surface area contributed by atoms with E-state index in [2.05, 4.69) is 59.3 Å². The van der Waals surface area contributed by atoms with Gasteiger partial charge in [0.25, 0.3) is 0 Å². The smallest absolute Gasteiger partial charge is 0.0950 e. The van der Waals surface area contributed by atoms with Crippen molar-refractivity contribution >= 4 is 17.1 Å². The van der Waals surface area contributed by atoms with E-state index in [1.807, 2.05) is 0 Å². The summed E-state index contributed by atoms with van der Waals surface area (Å²) >= 11 is 0. The summed E-state index contributed by atoms with van der Waals surface area (Å²) < 4.78 is 0. The third-order valence-corrected chi connectivity index (χ3v) is 7.32. The van der Waals surface area contributed by atoms with Crippen LogP contribution in [0.4, 0.5) is 17.1 Å². The molecule has 2 atom stereocenters. The van der Waals surface area contributed by atoms with Crippen LogP contribution in [0.3, 0.4) is 0 Å². The molecule has 0 N–H and O–H groups in total. The Morgan fingerprint density at radius 1 is 0.760 bits per heavy atom.